The van der Waals surface area contributed by atoms with Gasteiger partial charge in [0.15, 0.2) is 0 Å². The van der Waals surface area contributed by atoms with Crippen LogP contribution < -0.4 is 0 Å². The quantitative estimate of drug-likeness (QED) is 0.174. The highest BCUT2D eigenvalue weighted by Crippen LogP contribution is 2.20. The molecule has 0 saturated carbocycles. The summed E-state index contributed by atoms with van der Waals surface area (Å²) < 4.78 is 5.60. The largest absolute Gasteiger partial charge is 0.465 e. The van der Waals surface area contributed by atoms with Crippen LogP contribution in [0.4, 0.5) is 0 Å². The molecule has 0 aliphatic carbocycles. The van der Waals surface area contributed by atoms with Gasteiger partial charge in [-0.2, -0.15) is 0 Å². The molecule has 0 bridgehead atoms. The van der Waals surface area contributed by atoms with E-state index in [-0.39, 0.29) is 11.9 Å². The third-order valence-corrected chi connectivity index (χ3v) is 5.14. The standard InChI is InChI=1S/C23H46O2/c1-4-7-10-12-13-14-15-18-21-25-23(24)22(19-16-9-6-3)20-17-11-8-5-2/h22H,4-21H2,1-3H3. The lowest BCUT2D eigenvalue weighted by Crippen LogP contribution is -2.18. The van der Waals surface area contributed by atoms with E-state index in [9.17, 15) is 4.79 Å². The Morgan fingerprint density at radius 3 is 1.56 bits per heavy atom. The van der Waals surface area contributed by atoms with Crippen molar-refractivity contribution in [3.05, 3.63) is 0 Å². The lowest BCUT2D eigenvalue weighted by atomic mass is 9.95. The number of carbonyl (C=O) groups is 1. The van der Waals surface area contributed by atoms with Crippen LogP contribution >= 0.6 is 0 Å². The van der Waals surface area contributed by atoms with E-state index in [4.69, 9.17) is 4.74 Å². The summed E-state index contributed by atoms with van der Waals surface area (Å²) in [4.78, 5) is 12.4. The Kier molecular flexibility index (Phi) is 19.4. The second-order valence-corrected chi connectivity index (χ2v) is 7.68. The normalized spacial score (nSPS) is 12.3. The molecule has 0 aliphatic heterocycles. The fraction of sp³-hybridized carbons (Fsp3) is 0.957. The summed E-state index contributed by atoms with van der Waals surface area (Å²) >= 11 is 0. The van der Waals surface area contributed by atoms with Crippen LogP contribution in [0.15, 0.2) is 0 Å². The number of hydrogen-bond acceptors (Lipinski definition) is 2. The highest BCUT2D eigenvalue weighted by molar-refractivity contribution is 5.72. The van der Waals surface area contributed by atoms with E-state index in [1.54, 1.807) is 0 Å². The third-order valence-electron chi connectivity index (χ3n) is 5.14. The molecule has 0 amide bonds. The smallest absolute Gasteiger partial charge is 0.308 e. The van der Waals surface area contributed by atoms with Crippen LogP contribution in [0.25, 0.3) is 0 Å². The molecule has 0 aliphatic rings. The Morgan fingerprint density at radius 2 is 1.00 bits per heavy atom. The van der Waals surface area contributed by atoms with E-state index in [2.05, 4.69) is 20.8 Å². The van der Waals surface area contributed by atoms with Crippen molar-refractivity contribution in [1.29, 1.82) is 0 Å². The van der Waals surface area contributed by atoms with E-state index >= 15 is 0 Å². The van der Waals surface area contributed by atoms with Crippen molar-refractivity contribution < 1.29 is 9.53 Å². The van der Waals surface area contributed by atoms with Gasteiger partial charge in [0.05, 0.1) is 12.5 Å². The van der Waals surface area contributed by atoms with Crippen molar-refractivity contribution in [2.75, 3.05) is 6.61 Å². The second kappa shape index (κ2) is 19.8. The molecule has 0 N–H and O–H groups in total. The maximum absolute atomic E-state index is 12.4. The van der Waals surface area contributed by atoms with Gasteiger partial charge in [-0.15, -0.1) is 0 Å². The lowest BCUT2D eigenvalue weighted by molar-refractivity contribution is -0.149. The molecule has 0 fully saturated rings. The predicted molar refractivity (Wildman–Crippen MR) is 110 cm³/mol. The zero-order valence-electron chi connectivity index (χ0n) is 17.6. The molecule has 0 heterocycles. The van der Waals surface area contributed by atoms with Crippen LogP contribution in [0.1, 0.15) is 130 Å². The molecule has 150 valence electrons. The first kappa shape index (κ1) is 24.5. The average Bonchev–Trinajstić information content (AvgIpc) is 2.62. The molecule has 0 saturated heterocycles. The van der Waals surface area contributed by atoms with Gasteiger partial charge >= 0.3 is 5.97 Å². The van der Waals surface area contributed by atoms with Crippen LogP contribution in [0.2, 0.25) is 0 Å². The van der Waals surface area contributed by atoms with Crippen molar-refractivity contribution in [3.63, 3.8) is 0 Å². The molecule has 1 atom stereocenters. The molecule has 2 nitrogen and oxygen atoms in total. The van der Waals surface area contributed by atoms with Crippen LogP contribution in [-0.2, 0) is 9.53 Å². The molecule has 0 rings (SSSR count). The maximum atomic E-state index is 12.4. The number of ether oxygens (including phenoxy) is 1. The monoisotopic (exact) mass is 354 g/mol. The van der Waals surface area contributed by atoms with Crippen molar-refractivity contribution in [2.24, 2.45) is 5.92 Å². The van der Waals surface area contributed by atoms with Crippen molar-refractivity contribution in [2.45, 2.75) is 130 Å². The van der Waals surface area contributed by atoms with E-state index in [1.165, 1.54) is 89.9 Å². The molecule has 0 aromatic carbocycles. The minimum Gasteiger partial charge on any atom is -0.465 e. The molecular formula is C23H46O2. The van der Waals surface area contributed by atoms with Crippen molar-refractivity contribution in [3.8, 4) is 0 Å². The Bertz CT molecular complexity index is 275. The van der Waals surface area contributed by atoms with E-state index in [1.807, 2.05) is 0 Å². The fourth-order valence-corrected chi connectivity index (χ4v) is 3.36. The van der Waals surface area contributed by atoms with Crippen molar-refractivity contribution >= 4 is 5.97 Å². The van der Waals surface area contributed by atoms with Crippen LogP contribution in [0, 0.1) is 5.92 Å². The van der Waals surface area contributed by atoms with E-state index in [0.717, 1.165) is 19.3 Å². The summed E-state index contributed by atoms with van der Waals surface area (Å²) in [6, 6.07) is 0. The van der Waals surface area contributed by atoms with E-state index in [0.29, 0.717) is 6.61 Å². The van der Waals surface area contributed by atoms with Gasteiger partial charge in [0.2, 0.25) is 0 Å². The van der Waals surface area contributed by atoms with Gasteiger partial charge in [-0.1, -0.05) is 111 Å². The second-order valence-electron chi connectivity index (χ2n) is 7.68. The highest BCUT2D eigenvalue weighted by atomic mass is 16.5. The maximum Gasteiger partial charge on any atom is 0.308 e. The number of rotatable bonds is 19. The van der Waals surface area contributed by atoms with Gasteiger partial charge in [0.1, 0.15) is 0 Å². The third kappa shape index (κ3) is 16.7. The molecule has 0 aromatic heterocycles. The summed E-state index contributed by atoms with van der Waals surface area (Å²) in [5.41, 5.74) is 0. The Balaban J connectivity index is 3.79. The van der Waals surface area contributed by atoms with Crippen molar-refractivity contribution in [1.82, 2.24) is 0 Å². The highest BCUT2D eigenvalue weighted by Gasteiger charge is 2.19. The SMILES string of the molecule is CCCCCCCCCCOC(=O)C(CCCCC)CCCCCC. The number of esters is 1. The molecule has 1 unspecified atom stereocenters. The first-order valence-corrected chi connectivity index (χ1v) is 11.4. The molecular weight excluding hydrogens is 308 g/mol. The minimum atomic E-state index is 0.0792. The van der Waals surface area contributed by atoms with Gasteiger partial charge in [-0.25, -0.2) is 0 Å². The lowest BCUT2D eigenvalue weighted by Gasteiger charge is -2.16. The molecule has 2 heteroatoms. The summed E-state index contributed by atoms with van der Waals surface area (Å²) in [5.74, 6) is 0.230. The van der Waals surface area contributed by atoms with Gasteiger partial charge in [0, 0.05) is 0 Å². The topological polar surface area (TPSA) is 26.3 Å². The summed E-state index contributed by atoms with van der Waals surface area (Å²) in [6.07, 6.45) is 20.9. The number of carbonyl (C=O) groups excluding carboxylic acids is 1. The Morgan fingerprint density at radius 1 is 0.600 bits per heavy atom. The van der Waals surface area contributed by atoms with Crippen LogP contribution in [0.3, 0.4) is 0 Å². The predicted octanol–water partition coefficient (Wildman–Crippen LogP) is 7.84. The van der Waals surface area contributed by atoms with Gasteiger partial charge in [0.25, 0.3) is 0 Å². The van der Waals surface area contributed by atoms with Gasteiger partial charge < -0.3 is 4.74 Å². The molecule has 25 heavy (non-hydrogen) atoms. The minimum absolute atomic E-state index is 0.0792. The summed E-state index contributed by atoms with van der Waals surface area (Å²) in [6.45, 7) is 7.34. The fourth-order valence-electron chi connectivity index (χ4n) is 3.36. The van der Waals surface area contributed by atoms with Crippen LogP contribution in [0.5, 0.6) is 0 Å². The number of unbranched alkanes of at least 4 members (excludes halogenated alkanes) is 12. The first-order chi connectivity index (χ1) is 12.3. The Hall–Kier alpha value is -0.530. The number of hydrogen-bond donors (Lipinski definition) is 0. The molecule has 0 spiro atoms. The molecule has 0 aromatic rings. The Labute approximate surface area is 158 Å². The van der Waals surface area contributed by atoms with E-state index < -0.39 is 0 Å². The van der Waals surface area contributed by atoms with Crippen LogP contribution in [-0.4, -0.2) is 12.6 Å². The molecule has 0 radical (unpaired) electrons. The van der Waals surface area contributed by atoms with Gasteiger partial charge in [-0.05, 0) is 19.3 Å². The zero-order valence-corrected chi connectivity index (χ0v) is 17.6. The van der Waals surface area contributed by atoms with Gasteiger partial charge in [-0.3, -0.25) is 4.79 Å². The first-order valence-electron chi connectivity index (χ1n) is 11.4. The zero-order chi connectivity index (χ0) is 18.6. The summed E-state index contributed by atoms with van der Waals surface area (Å²) in [7, 11) is 0. The summed E-state index contributed by atoms with van der Waals surface area (Å²) in [5, 5.41) is 0. The average molecular weight is 355 g/mol.